The number of alkyl halides is 3. The number of aromatic nitrogens is 3. The van der Waals surface area contributed by atoms with Gasteiger partial charge in [-0.15, -0.1) is 11.3 Å². The number of ether oxygens (including phenoxy) is 1. The quantitative estimate of drug-likeness (QED) is 0.342. The average Bonchev–Trinajstić information content (AvgIpc) is 3.49. The lowest BCUT2D eigenvalue weighted by atomic mass is 10.1. The van der Waals surface area contributed by atoms with Crippen LogP contribution in [0.15, 0.2) is 47.0 Å². The molecule has 1 aliphatic rings. The van der Waals surface area contributed by atoms with Gasteiger partial charge >= 0.3 is 6.18 Å². The van der Waals surface area contributed by atoms with E-state index in [1.807, 2.05) is 25.1 Å². The summed E-state index contributed by atoms with van der Waals surface area (Å²) < 4.78 is 51.2. The molecule has 1 saturated heterocycles. The zero-order chi connectivity index (χ0) is 26.9. The standard InChI is InChI=1S/C26H28F3N5O3S/c1-16-12-33(14-24-31-25(37-32-24)18-4-3-5-19(10-18)26(27,28)29)8-9-34(16)13-20(35)15-36-21-6-7-23-22(11-21)30-17(2)38-23/h3-7,10-11,16,20,35H,8-9,12-15H2,1-2H3/t16-,20+/m0/s1. The molecule has 2 atom stereocenters. The van der Waals surface area contributed by atoms with Crippen molar-refractivity contribution >= 4 is 21.6 Å². The Hall–Kier alpha value is -3.06. The van der Waals surface area contributed by atoms with Crippen LogP contribution in [0.4, 0.5) is 13.2 Å². The first-order valence-corrected chi connectivity index (χ1v) is 13.1. The monoisotopic (exact) mass is 547 g/mol. The van der Waals surface area contributed by atoms with Crippen molar-refractivity contribution in [2.24, 2.45) is 0 Å². The Morgan fingerprint density at radius 2 is 2.03 bits per heavy atom. The van der Waals surface area contributed by atoms with Crippen LogP contribution in [0, 0.1) is 6.92 Å². The number of aliphatic hydroxyl groups is 1. The van der Waals surface area contributed by atoms with Gasteiger partial charge in [-0.1, -0.05) is 11.2 Å². The molecule has 0 radical (unpaired) electrons. The summed E-state index contributed by atoms with van der Waals surface area (Å²) in [4.78, 5) is 13.2. The highest BCUT2D eigenvalue weighted by atomic mass is 32.1. The number of rotatable bonds is 8. The van der Waals surface area contributed by atoms with Crippen LogP contribution < -0.4 is 4.74 Å². The highest BCUT2D eigenvalue weighted by molar-refractivity contribution is 7.18. The summed E-state index contributed by atoms with van der Waals surface area (Å²) >= 11 is 1.63. The van der Waals surface area contributed by atoms with Gasteiger partial charge in [-0.2, -0.15) is 18.2 Å². The molecule has 2 aromatic carbocycles. The van der Waals surface area contributed by atoms with Gasteiger partial charge in [-0.3, -0.25) is 9.80 Å². The third kappa shape index (κ3) is 6.32. The molecule has 0 bridgehead atoms. The molecular weight excluding hydrogens is 519 g/mol. The van der Waals surface area contributed by atoms with Gasteiger partial charge in [0, 0.05) is 43.9 Å². The van der Waals surface area contributed by atoms with E-state index in [9.17, 15) is 18.3 Å². The van der Waals surface area contributed by atoms with Crippen LogP contribution in [0.25, 0.3) is 21.7 Å². The number of halogens is 3. The van der Waals surface area contributed by atoms with Crippen molar-refractivity contribution < 1.29 is 27.5 Å². The van der Waals surface area contributed by atoms with Gasteiger partial charge in [-0.25, -0.2) is 4.98 Å². The zero-order valence-corrected chi connectivity index (χ0v) is 21.8. The smallest absolute Gasteiger partial charge is 0.416 e. The Morgan fingerprint density at radius 1 is 1.18 bits per heavy atom. The van der Waals surface area contributed by atoms with Gasteiger partial charge in [0.2, 0.25) is 0 Å². The summed E-state index contributed by atoms with van der Waals surface area (Å²) in [7, 11) is 0. The third-order valence-electron chi connectivity index (χ3n) is 6.47. The molecule has 0 unspecified atom stereocenters. The Morgan fingerprint density at radius 3 is 2.82 bits per heavy atom. The highest BCUT2D eigenvalue weighted by Crippen LogP contribution is 2.32. The Balaban J connectivity index is 1.10. The molecule has 2 aromatic heterocycles. The number of aryl methyl sites for hydroxylation is 1. The first-order chi connectivity index (χ1) is 18.1. The number of benzene rings is 2. The van der Waals surface area contributed by atoms with Crippen molar-refractivity contribution in [1.82, 2.24) is 24.9 Å². The van der Waals surface area contributed by atoms with Crippen molar-refractivity contribution in [2.75, 3.05) is 32.8 Å². The lowest BCUT2D eigenvalue weighted by Gasteiger charge is -2.40. The van der Waals surface area contributed by atoms with Gasteiger partial charge < -0.3 is 14.4 Å². The first kappa shape index (κ1) is 26.5. The molecule has 0 saturated carbocycles. The average molecular weight is 548 g/mol. The fraction of sp³-hybridized carbons (Fsp3) is 0.423. The molecule has 38 heavy (non-hydrogen) atoms. The maximum atomic E-state index is 13.0. The first-order valence-electron chi connectivity index (χ1n) is 12.3. The fourth-order valence-corrected chi connectivity index (χ4v) is 5.39. The van der Waals surface area contributed by atoms with Crippen LogP contribution in [0.3, 0.4) is 0 Å². The van der Waals surface area contributed by atoms with Crippen LogP contribution in [0.1, 0.15) is 23.3 Å². The molecule has 1 N–H and O–H groups in total. The SMILES string of the molecule is Cc1nc2cc(OC[C@H](O)CN3CCN(Cc4noc(-c5cccc(C(F)(F)F)c5)n4)C[C@@H]3C)ccc2s1. The molecular formula is C26H28F3N5O3S. The Labute approximate surface area is 221 Å². The third-order valence-corrected chi connectivity index (χ3v) is 7.42. The number of fused-ring (bicyclic) bond motifs is 1. The van der Waals surface area contributed by atoms with E-state index in [1.54, 1.807) is 11.3 Å². The molecule has 0 amide bonds. The zero-order valence-electron chi connectivity index (χ0n) is 21.0. The molecule has 3 heterocycles. The summed E-state index contributed by atoms with van der Waals surface area (Å²) in [6.45, 7) is 7.33. The lowest BCUT2D eigenvalue weighted by molar-refractivity contribution is -0.137. The van der Waals surface area contributed by atoms with Crippen LogP contribution in [0.5, 0.6) is 5.75 Å². The molecule has 0 aliphatic carbocycles. The second-order valence-electron chi connectivity index (χ2n) is 9.50. The minimum atomic E-state index is -4.44. The molecule has 1 fully saturated rings. The van der Waals surface area contributed by atoms with Crippen LogP contribution >= 0.6 is 11.3 Å². The Kier molecular flexibility index (Phi) is 7.66. The van der Waals surface area contributed by atoms with E-state index >= 15 is 0 Å². The Bertz CT molecular complexity index is 1390. The van der Waals surface area contributed by atoms with Gasteiger partial charge in [0.1, 0.15) is 18.5 Å². The molecule has 202 valence electrons. The topological polar surface area (TPSA) is 87.8 Å². The number of β-amino-alcohol motifs (C(OH)–C–C–N with tert-alkyl or cyclic N) is 1. The van der Waals surface area contributed by atoms with Crippen molar-refractivity contribution in [2.45, 2.75) is 38.7 Å². The number of piperazine rings is 1. The summed E-state index contributed by atoms with van der Waals surface area (Å²) in [6, 6.07) is 10.8. The number of thiazole rings is 1. The molecule has 0 spiro atoms. The van der Waals surface area contributed by atoms with Gasteiger partial charge in [0.25, 0.3) is 5.89 Å². The van der Waals surface area contributed by atoms with Crippen molar-refractivity contribution in [3.05, 3.63) is 58.9 Å². The predicted octanol–water partition coefficient (Wildman–Crippen LogP) is 4.62. The molecule has 12 heteroatoms. The predicted molar refractivity (Wildman–Crippen MR) is 137 cm³/mol. The van der Waals surface area contributed by atoms with E-state index in [0.29, 0.717) is 24.7 Å². The number of nitrogens with zero attached hydrogens (tertiary/aromatic N) is 5. The minimum absolute atomic E-state index is 0.0602. The van der Waals surface area contributed by atoms with Gasteiger partial charge in [-0.05, 0) is 44.2 Å². The van der Waals surface area contributed by atoms with Crippen molar-refractivity contribution in [3.63, 3.8) is 0 Å². The van der Waals surface area contributed by atoms with E-state index in [0.717, 1.165) is 47.0 Å². The second kappa shape index (κ2) is 11.0. The van der Waals surface area contributed by atoms with Crippen molar-refractivity contribution in [3.8, 4) is 17.2 Å². The maximum absolute atomic E-state index is 13.0. The second-order valence-corrected chi connectivity index (χ2v) is 10.7. The lowest BCUT2D eigenvalue weighted by Crippen LogP contribution is -2.53. The molecule has 1 aliphatic heterocycles. The van der Waals surface area contributed by atoms with E-state index in [4.69, 9.17) is 9.26 Å². The van der Waals surface area contributed by atoms with Crippen LogP contribution in [-0.2, 0) is 12.7 Å². The number of aliphatic hydroxyl groups excluding tert-OH is 1. The molecule has 4 aromatic rings. The van der Waals surface area contributed by atoms with E-state index < -0.39 is 17.8 Å². The number of hydrogen-bond acceptors (Lipinski definition) is 9. The highest BCUT2D eigenvalue weighted by Gasteiger charge is 2.31. The van der Waals surface area contributed by atoms with E-state index in [2.05, 4.69) is 31.8 Å². The summed E-state index contributed by atoms with van der Waals surface area (Å²) in [5.74, 6) is 1.16. The van der Waals surface area contributed by atoms with Crippen LogP contribution in [0.2, 0.25) is 0 Å². The summed E-state index contributed by atoms with van der Waals surface area (Å²) in [5.41, 5.74) is 0.366. The fourth-order valence-electron chi connectivity index (χ4n) is 4.58. The van der Waals surface area contributed by atoms with Crippen LogP contribution in [-0.4, -0.2) is 75.0 Å². The maximum Gasteiger partial charge on any atom is 0.416 e. The molecule has 5 rings (SSSR count). The van der Waals surface area contributed by atoms with Crippen molar-refractivity contribution in [1.29, 1.82) is 0 Å². The normalized spacial score (nSPS) is 18.2. The van der Waals surface area contributed by atoms with E-state index in [-0.39, 0.29) is 24.1 Å². The summed E-state index contributed by atoms with van der Waals surface area (Å²) in [6.07, 6.45) is -5.09. The van der Waals surface area contributed by atoms with Gasteiger partial charge in [0.05, 0.1) is 27.3 Å². The number of hydrogen-bond donors (Lipinski definition) is 1. The van der Waals surface area contributed by atoms with Gasteiger partial charge in [0.15, 0.2) is 5.82 Å². The minimum Gasteiger partial charge on any atom is -0.491 e. The van der Waals surface area contributed by atoms with E-state index in [1.165, 1.54) is 12.1 Å². The summed E-state index contributed by atoms with van der Waals surface area (Å²) in [5, 5.41) is 15.5. The molecule has 8 nitrogen and oxygen atoms in total. The largest absolute Gasteiger partial charge is 0.491 e.